The van der Waals surface area contributed by atoms with E-state index in [4.69, 9.17) is 0 Å². The molecule has 1 N–H and O–H groups in total. The Hall–Kier alpha value is -1.41. The van der Waals surface area contributed by atoms with Gasteiger partial charge in [0.2, 0.25) is 0 Å². The number of piperidine rings is 1. The number of allylic oxidation sites excluding steroid dienone is 3. The van der Waals surface area contributed by atoms with Crippen molar-refractivity contribution in [3.63, 3.8) is 0 Å². The first-order chi connectivity index (χ1) is 14.7. The number of nitrogens with one attached hydrogen (secondary N) is 1. The van der Waals surface area contributed by atoms with Crippen LogP contribution in [-0.4, -0.2) is 69.7 Å². The minimum atomic E-state index is -0.778. The molecule has 4 heterocycles. The minimum Gasteiger partial charge on any atom is -0.598 e. The molecule has 0 spiro atoms. The van der Waals surface area contributed by atoms with Crippen LogP contribution in [0.2, 0.25) is 0 Å². The summed E-state index contributed by atoms with van der Waals surface area (Å²) in [4.78, 5) is 6.66. The molecular weight excluding hydrogens is 399 g/mol. The highest BCUT2D eigenvalue weighted by molar-refractivity contribution is 7.90. The largest absolute Gasteiger partial charge is 0.598 e. The fourth-order valence-corrected chi connectivity index (χ4v) is 6.93. The van der Waals surface area contributed by atoms with Crippen LogP contribution >= 0.6 is 0 Å². The summed E-state index contributed by atoms with van der Waals surface area (Å²) in [5.41, 5.74) is 4.99. The number of nitrogens with zero attached hydrogens (tertiary/aromatic N) is 3. The summed E-state index contributed by atoms with van der Waals surface area (Å²) in [7, 11) is 0. The van der Waals surface area contributed by atoms with Gasteiger partial charge in [-0.1, -0.05) is 12.2 Å². The van der Waals surface area contributed by atoms with Crippen molar-refractivity contribution < 1.29 is 8.94 Å². The average molecular weight is 429 g/mol. The SMILES string of the molecule is [O-][S@@+](C1CC1)N1CCC(NC2=CC(C3=CCN4C(CF)C34)=CC3CC=NC=C23)CC1. The van der Waals surface area contributed by atoms with Gasteiger partial charge in [-0.25, -0.2) is 4.39 Å². The monoisotopic (exact) mass is 428 g/mol. The second-order valence-electron chi connectivity index (χ2n) is 9.28. The summed E-state index contributed by atoms with van der Waals surface area (Å²) < 4.78 is 27.9. The highest BCUT2D eigenvalue weighted by Crippen LogP contribution is 2.45. The van der Waals surface area contributed by atoms with Gasteiger partial charge in [-0.2, -0.15) is 0 Å². The molecule has 3 fully saturated rings. The molecule has 0 amide bonds. The Kier molecular flexibility index (Phi) is 4.90. The van der Waals surface area contributed by atoms with Crippen molar-refractivity contribution in [2.75, 3.05) is 26.3 Å². The zero-order valence-electron chi connectivity index (χ0n) is 17.2. The van der Waals surface area contributed by atoms with Crippen molar-refractivity contribution in [1.29, 1.82) is 0 Å². The van der Waals surface area contributed by atoms with Gasteiger partial charge in [-0.3, -0.25) is 9.89 Å². The van der Waals surface area contributed by atoms with Crippen molar-refractivity contribution in [3.05, 3.63) is 46.8 Å². The Bertz CT molecular complexity index is 868. The van der Waals surface area contributed by atoms with Gasteiger partial charge in [0.1, 0.15) is 11.9 Å². The Morgan fingerprint density at radius 1 is 1.20 bits per heavy atom. The fraction of sp³-hybridized carbons (Fsp3) is 0.609. The third-order valence-corrected chi connectivity index (χ3v) is 9.25. The number of hydrogen-bond donors (Lipinski definition) is 1. The van der Waals surface area contributed by atoms with Gasteiger partial charge in [0.15, 0.2) is 0 Å². The van der Waals surface area contributed by atoms with Crippen LogP contribution in [0.4, 0.5) is 4.39 Å². The number of rotatable bonds is 6. The number of fused-ring (bicyclic) bond motifs is 2. The standard InChI is InChI=1S/C23H29FN4OS/c24-13-22-23-19(6-10-28(22)23)16-11-15-3-7-25-14-20(15)21(12-16)26-17-4-8-27(9-5-17)30(29)18-1-2-18/h6-7,11-12,14-15,17-18,22-23,26H,1-5,8-10,13H2/t15?,22?,23?,28?,30-/m0/s1. The van der Waals surface area contributed by atoms with Crippen LogP contribution in [0.25, 0.3) is 0 Å². The van der Waals surface area contributed by atoms with Crippen molar-refractivity contribution in [3.8, 4) is 0 Å². The summed E-state index contributed by atoms with van der Waals surface area (Å²) in [6.45, 7) is 2.41. The molecule has 4 aliphatic heterocycles. The van der Waals surface area contributed by atoms with E-state index in [1.807, 2.05) is 12.4 Å². The molecule has 160 valence electrons. The molecule has 5 nitrogen and oxygen atoms in total. The maximum Gasteiger partial charge on any atom is 0.136 e. The quantitative estimate of drug-likeness (QED) is 0.522. The summed E-state index contributed by atoms with van der Waals surface area (Å²) in [5, 5.41) is 4.23. The lowest BCUT2D eigenvalue weighted by Gasteiger charge is -2.35. The molecule has 0 radical (unpaired) electrons. The average Bonchev–Trinajstić information content (AvgIpc) is 3.70. The van der Waals surface area contributed by atoms with Gasteiger partial charge < -0.3 is 9.87 Å². The van der Waals surface area contributed by atoms with Crippen LogP contribution in [0.3, 0.4) is 0 Å². The zero-order chi connectivity index (χ0) is 20.2. The lowest BCUT2D eigenvalue weighted by molar-refractivity contribution is 0.299. The van der Waals surface area contributed by atoms with Crippen LogP contribution in [0.5, 0.6) is 0 Å². The maximum absolute atomic E-state index is 13.3. The minimum absolute atomic E-state index is 0.0808. The smallest absolute Gasteiger partial charge is 0.136 e. The van der Waals surface area contributed by atoms with Gasteiger partial charge in [0.25, 0.3) is 0 Å². The fourth-order valence-electron chi connectivity index (χ4n) is 5.40. The van der Waals surface area contributed by atoms with E-state index in [2.05, 4.69) is 37.7 Å². The summed E-state index contributed by atoms with van der Waals surface area (Å²) in [6.07, 6.45) is 16.1. The topological polar surface area (TPSA) is 53.7 Å². The maximum atomic E-state index is 13.3. The lowest BCUT2D eigenvalue weighted by atomic mass is 9.82. The van der Waals surface area contributed by atoms with E-state index in [9.17, 15) is 8.94 Å². The van der Waals surface area contributed by atoms with Crippen LogP contribution in [0.15, 0.2) is 51.8 Å². The number of hydrogen-bond acceptors (Lipinski definition) is 5. The molecule has 1 saturated carbocycles. The van der Waals surface area contributed by atoms with E-state index in [-0.39, 0.29) is 18.8 Å². The van der Waals surface area contributed by atoms with E-state index in [0.29, 0.717) is 17.2 Å². The second-order valence-corrected chi connectivity index (χ2v) is 11.0. The van der Waals surface area contributed by atoms with Gasteiger partial charge in [-0.15, -0.1) is 4.31 Å². The molecule has 4 unspecified atom stereocenters. The number of alkyl halides is 1. The molecular formula is C23H29FN4OS. The van der Waals surface area contributed by atoms with E-state index >= 15 is 0 Å². The summed E-state index contributed by atoms with van der Waals surface area (Å²) in [6, 6.07) is 0.739. The summed E-state index contributed by atoms with van der Waals surface area (Å²) >= 11 is -0.778. The first-order valence-electron chi connectivity index (χ1n) is 11.3. The Morgan fingerprint density at radius 2 is 2.03 bits per heavy atom. The highest BCUT2D eigenvalue weighted by Gasteiger charge is 2.52. The first-order valence-corrected chi connectivity index (χ1v) is 12.5. The van der Waals surface area contributed by atoms with Gasteiger partial charge >= 0.3 is 0 Å². The predicted octanol–water partition coefficient (Wildman–Crippen LogP) is 2.63. The van der Waals surface area contributed by atoms with E-state index in [1.165, 1.54) is 22.4 Å². The van der Waals surface area contributed by atoms with E-state index < -0.39 is 11.4 Å². The molecule has 2 saturated heterocycles. The lowest BCUT2D eigenvalue weighted by Crippen LogP contribution is -2.46. The third-order valence-electron chi connectivity index (χ3n) is 7.34. The predicted molar refractivity (Wildman–Crippen MR) is 118 cm³/mol. The molecule has 7 heteroatoms. The molecule has 0 bridgehead atoms. The molecule has 0 aromatic carbocycles. The van der Waals surface area contributed by atoms with E-state index in [1.54, 1.807) is 0 Å². The number of aliphatic imine (C=N–C) groups is 1. The van der Waals surface area contributed by atoms with Crippen molar-refractivity contribution in [1.82, 2.24) is 14.5 Å². The second kappa shape index (κ2) is 7.62. The van der Waals surface area contributed by atoms with E-state index in [0.717, 1.165) is 51.7 Å². The highest BCUT2D eigenvalue weighted by atomic mass is 32.2. The van der Waals surface area contributed by atoms with Crippen molar-refractivity contribution in [2.45, 2.75) is 55.5 Å². The third kappa shape index (κ3) is 3.40. The van der Waals surface area contributed by atoms with Crippen LogP contribution < -0.4 is 5.32 Å². The first kappa shape index (κ1) is 19.3. The Labute approximate surface area is 180 Å². The number of halogens is 1. The molecule has 30 heavy (non-hydrogen) atoms. The molecule has 0 aromatic rings. The molecule has 6 aliphatic rings. The molecule has 5 atom stereocenters. The molecule has 2 aliphatic carbocycles. The van der Waals surface area contributed by atoms with Crippen molar-refractivity contribution in [2.24, 2.45) is 10.9 Å². The molecule has 0 aromatic heterocycles. The van der Waals surface area contributed by atoms with Gasteiger partial charge in [0.05, 0.1) is 12.1 Å². The summed E-state index contributed by atoms with van der Waals surface area (Å²) in [5.74, 6) is 0.338. The zero-order valence-corrected chi connectivity index (χ0v) is 18.0. The van der Waals surface area contributed by atoms with Crippen LogP contribution in [0, 0.1) is 5.92 Å². The Morgan fingerprint density at radius 3 is 2.77 bits per heavy atom. The Balaban J connectivity index is 1.17. The molecule has 6 rings (SSSR count). The van der Waals surface area contributed by atoms with Crippen molar-refractivity contribution >= 4 is 17.6 Å². The van der Waals surface area contributed by atoms with Crippen LogP contribution in [-0.2, 0) is 11.4 Å². The van der Waals surface area contributed by atoms with Crippen LogP contribution in [0.1, 0.15) is 32.1 Å². The normalized spacial score (nSPS) is 36.9. The van der Waals surface area contributed by atoms with Gasteiger partial charge in [-0.05, 0) is 36.5 Å². The van der Waals surface area contributed by atoms with Gasteiger partial charge in [0, 0.05) is 79.5 Å².